The summed E-state index contributed by atoms with van der Waals surface area (Å²) in [5.74, 6) is -0.826. The van der Waals surface area contributed by atoms with Crippen LogP contribution in [-0.2, 0) is 6.54 Å². The second-order valence-electron chi connectivity index (χ2n) is 4.69. The van der Waals surface area contributed by atoms with Crippen molar-refractivity contribution in [3.8, 4) is 0 Å². The molecule has 4 heteroatoms. The summed E-state index contributed by atoms with van der Waals surface area (Å²) in [5, 5.41) is 6.16. The highest BCUT2D eigenvalue weighted by atomic mass is 32.1. The summed E-state index contributed by atoms with van der Waals surface area (Å²) >= 11 is 1.65. The Kier molecular flexibility index (Phi) is 3.40. The summed E-state index contributed by atoms with van der Waals surface area (Å²) in [4.78, 5) is 0. The Hall–Kier alpha value is -1.94. The molecule has 0 amide bonds. The minimum Gasteiger partial charge on any atom is -0.378 e. The molecule has 1 aromatic heterocycles. The lowest BCUT2D eigenvalue weighted by atomic mass is 10.1. The molecule has 0 saturated heterocycles. The highest BCUT2D eigenvalue weighted by Crippen LogP contribution is 2.27. The Balaban J connectivity index is 1.85. The van der Waals surface area contributed by atoms with Crippen molar-refractivity contribution in [2.45, 2.75) is 13.5 Å². The summed E-state index contributed by atoms with van der Waals surface area (Å²) in [6, 6.07) is 10.5. The number of hydrogen-bond donors (Lipinski definition) is 1. The highest BCUT2D eigenvalue weighted by Gasteiger charge is 2.08. The Morgan fingerprint density at radius 3 is 2.75 bits per heavy atom. The van der Waals surface area contributed by atoms with Crippen LogP contribution in [0.4, 0.5) is 14.5 Å². The molecule has 3 rings (SSSR count). The van der Waals surface area contributed by atoms with E-state index in [4.69, 9.17) is 0 Å². The average Bonchev–Trinajstić information content (AvgIpc) is 2.85. The first-order valence-corrected chi connectivity index (χ1v) is 7.18. The smallest absolute Gasteiger partial charge is 0.146 e. The molecule has 102 valence electrons. The Bertz CT molecular complexity index is 764. The van der Waals surface area contributed by atoms with Gasteiger partial charge in [0.25, 0.3) is 0 Å². The van der Waals surface area contributed by atoms with Crippen molar-refractivity contribution < 1.29 is 8.78 Å². The third-order valence-corrected chi connectivity index (χ3v) is 4.29. The van der Waals surface area contributed by atoms with Gasteiger partial charge in [0.1, 0.15) is 11.6 Å². The minimum atomic E-state index is -0.427. The molecule has 0 bridgehead atoms. The quantitative estimate of drug-likeness (QED) is 0.707. The Morgan fingerprint density at radius 2 is 1.90 bits per heavy atom. The maximum atomic E-state index is 13.7. The number of anilines is 1. The van der Waals surface area contributed by atoms with Crippen molar-refractivity contribution in [1.29, 1.82) is 0 Å². The van der Waals surface area contributed by atoms with Crippen LogP contribution in [0.5, 0.6) is 0 Å². The van der Waals surface area contributed by atoms with Crippen LogP contribution in [0.3, 0.4) is 0 Å². The second kappa shape index (κ2) is 5.21. The van der Waals surface area contributed by atoms with Crippen molar-refractivity contribution in [3.63, 3.8) is 0 Å². The van der Waals surface area contributed by atoms with E-state index in [1.165, 1.54) is 16.8 Å². The van der Waals surface area contributed by atoms with Crippen LogP contribution >= 0.6 is 11.3 Å². The fourth-order valence-electron chi connectivity index (χ4n) is 2.14. The molecule has 0 saturated carbocycles. The van der Waals surface area contributed by atoms with E-state index in [0.717, 1.165) is 10.9 Å². The molecule has 1 nitrogen and oxygen atoms in total. The topological polar surface area (TPSA) is 12.0 Å². The average molecular weight is 289 g/mol. The van der Waals surface area contributed by atoms with E-state index in [1.54, 1.807) is 18.3 Å². The minimum absolute atomic E-state index is 0.198. The number of thiophene rings is 1. The van der Waals surface area contributed by atoms with Crippen molar-refractivity contribution in [2.75, 3.05) is 5.32 Å². The number of halogens is 2. The van der Waals surface area contributed by atoms with E-state index in [-0.39, 0.29) is 5.69 Å². The molecule has 0 fully saturated rings. The van der Waals surface area contributed by atoms with E-state index < -0.39 is 11.6 Å². The molecule has 0 spiro atoms. The predicted octanol–water partition coefficient (Wildman–Crippen LogP) is 5.10. The Morgan fingerprint density at radius 1 is 1.10 bits per heavy atom. The van der Waals surface area contributed by atoms with Gasteiger partial charge in [-0.15, -0.1) is 11.3 Å². The van der Waals surface area contributed by atoms with Gasteiger partial charge in [-0.25, -0.2) is 8.78 Å². The largest absolute Gasteiger partial charge is 0.378 e. The van der Waals surface area contributed by atoms with E-state index >= 15 is 0 Å². The zero-order chi connectivity index (χ0) is 14.1. The van der Waals surface area contributed by atoms with Gasteiger partial charge in [-0.05, 0) is 40.9 Å². The summed E-state index contributed by atoms with van der Waals surface area (Å²) in [7, 11) is 0. The first-order valence-electron chi connectivity index (χ1n) is 6.30. The van der Waals surface area contributed by atoms with Gasteiger partial charge in [0, 0.05) is 17.3 Å². The van der Waals surface area contributed by atoms with Crippen molar-refractivity contribution in [3.05, 3.63) is 64.5 Å². The van der Waals surface area contributed by atoms with E-state index in [2.05, 4.69) is 11.4 Å². The van der Waals surface area contributed by atoms with Gasteiger partial charge in [0.05, 0.1) is 5.69 Å². The lowest BCUT2D eigenvalue weighted by Crippen LogP contribution is -2.02. The van der Waals surface area contributed by atoms with Gasteiger partial charge in [-0.2, -0.15) is 0 Å². The molecule has 0 radical (unpaired) electrons. The molecule has 1 N–H and O–H groups in total. The lowest BCUT2D eigenvalue weighted by Gasteiger charge is -2.08. The van der Waals surface area contributed by atoms with Crippen LogP contribution < -0.4 is 5.32 Å². The van der Waals surface area contributed by atoms with Crippen molar-refractivity contribution >= 4 is 27.1 Å². The summed E-state index contributed by atoms with van der Waals surface area (Å²) in [5.41, 5.74) is 1.60. The lowest BCUT2D eigenvalue weighted by molar-refractivity contribution is 0.594. The molecule has 3 aromatic rings. The number of aryl methyl sites for hydroxylation is 1. The molecule has 1 heterocycles. The van der Waals surface area contributed by atoms with Crippen molar-refractivity contribution in [1.82, 2.24) is 0 Å². The molecule has 0 aliphatic heterocycles. The number of benzene rings is 2. The van der Waals surface area contributed by atoms with Gasteiger partial charge in [-0.3, -0.25) is 0 Å². The molecule has 0 atom stereocenters. The third kappa shape index (κ3) is 2.39. The van der Waals surface area contributed by atoms with Crippen LogP contribution in [0.25, 0.3) is 10.1 Å². The molecular formula is C16H13F2NS. The SMILES string of the molecule is Cc1cc(F)c(NCc2csc3ccccc23)cc1F. The van der Waals surface area contributed by atoms with Crippen LogP contribution in [0.2, 0.25) is 0 Å². The molecule has 0 aliphatic rings. The zero-order valence-electron chi connectivity index (χ0n) is 10.9. The molecule has 0 unspecified atom stereocenters. The highest BCUT2D eigenvalue weighted by molar-refractivity contribution is 7.17. The normalized spacial score (nSPS) is 10.9. The van der Waals surface area contributed by atoms with Gasteiger partial charge in [-0.1, -0.05) is 18.2 Å². The number of rotatable bonds is 3. The number of nitrogens with one attached hydrogen (secondary N) is 1. The molecular weight excluding hydrogens is 276 g/mol. The fraction of sp³-hybridized carbons (Fsp3) is 0.125. The molecule has 20 heavy (non-hydrogen) atoms. The summed E-state index contributed by atoms with van der Waals surface area (Å²) in [6.07, 6.45) is 0. The summed E-state index contributed by atoms with van der Waals surface area (Å²) < 4.78 is 28.4. The first kappa shape index (κ1) is 13.1. The number of hydrogen-bond acceptors (Lipinski definition) is 2. The fourth-order valence-corrected chi connectivity index (χ4v) is 3.10. The first-order chi connectivity index (χ1) is 9.65. The van der Waals surface area contributed by atoms with Crippen LogP contribution in [0.15, 0.2) is 41.8 Å². The maximum Gasteiger partial charge on any atom is 0.146 e. The van der Waals surface area contributed by atoms with Crippen LogP contribution in [-0.4, -0.2) is 0 Å². The second-order valence-corrected chi connectivity index (χ2v) is 5.60. The maximum absolute atomic E-state index is 13.7. The van der Waals surface area contributed by atoms with Crippen molar-refractivity contribution in [2.24, 2.45) is 0 Å². The van der Waals surface area contributed by atoms with Crippen LogP contribution in [0, 0.1) is 18.6 Å². The van der Waals surface area contributed by atoms with E-state index in [9.17, 15) is 8.78 Å². The molecule has 2 aromatic carbocycles. The van der Waals surface area contributed by atoms with Gasteiger partial charge >= 0.3 is 0 Å². The third-order valence-electron chi connectivity index (χ3n) is 3.28. The standard InChI is InChI=1S/C16H13F2NS/c1-10-6-14(18)15(7-13(10)17)19-8-11-9-20-16-5-3-2-4-12(11)16/h2-7,9,19H,8H2,1H3. The Labute approximate surface area is 119 Å². The van der Waals surface area contributed by atoms with E-state index in [0.29, 0.717) is 12.1 Å². The summed E-state index contributed by atoms with van der Waals surface area (Å²) in [6.45, 7) is 2.03. The van der Waals surface area contributed by atoms with E-state index in [1.807, 2.05) is 23.6 Å². The monoisotopic (exact) mass is 289 g/mol. The molecule has 0 aliphatic carbocycles. The van der Waals surface area contributed by atoms with Gasteiger partial charge in [0.2, 0.25) is 0 Å². The zero-order valence-corrected chi connectivity index (χ0v) is 11.7. The van der Waals surface area contributed by atoms with Gasteiger partial charge < -0.3 is 5.32 Å². The predicted molar refractivity (Wildman–Crippen MR) is 80.2 cm³/mol. The van der Waals surface area contributed by atoms with Gasteiger partial charge in [0.15, 0.2) is 0 Å². The number of fused-ring (bicyclic) bond motifs is 1. The van der Waals surface area contributed by atoms with Crippen LogP contribution in [0.1, 0.15) is 11.1 Å².